The Morgan fingerprint density at radius 2 is 1.91 bits per heavy atom. The summed E-state index contributed by atoms with van der Waals surface area (Å²) in [5.74, 6) is -0.275. The van der Waals surface area contributed by atoms with Crippen LogP contribution in [0.4, 0.5) is 0 Å². The van der Waals surface area contributed by atoms with Gasteiger partial charge in [-0.2, -0.15) is 5.10 Å². The Balaban J connectivity index is 2.25. The van der Waals surface area contributed by atoms with Crippen LogP contribution in [0.15, 0.2) is 47.3 Å². The van der Waals surface area contributed by atoms with E-state index in [-0.39, 0.29) is 30.3 Å². The van der Waals surface area contributed by atoms with E-state index in [9.17, 15) is 9.59 Å². The molecule has 0 saturated carbocycles. The van der Waals surface area contributed by atoms with Crippen LogP contribution in [-0.4, -0.2) is 45.4 Å². The second kappa shape index (κ2) is 8.24. The first-order valence-electron chi connectivity index (χ1n) is 7.68. The number of aromatic nitrogens is 2. The van der Waals surface area contributed by atoms with Gasteiger partial charge >= 0.3 is 0 Å². The molecule has 1 aromatic heterocycles. The summed E-state index contributed by atoms with van der Waals surface area (Å²) in [5.41, 5.74) is 0.893. The first kappa shape index (κ1) is 16.9. The van der Waals surface area contributed by atoms with Crippen LogP contribution >= 0.6 is 0 Å². The van der Waals surface area contributed by atoms with Crippen LogP contribution in [-0.2, 0) is 6.54 Å². The molecule has 2 rings (SSSR count). The Hall–Kier alpha value is -2.47. The average molecular weight is 315 g/mol. The van der Waals surface area contributed by atoms with Crippen LogP contribution in [0.2, 0.25) is 0 Å². The normalized spacial score (nSPS) is 10.5. The van der Waals surface area contributed by atoms with Crippen molar-refractivity contribution in [1.29, 1.82) is 0 Å². The van der Waals surface area contributed by atoms with Crippen molar-refractivity contribution in [3.05, 3.63) is 64.1 Å². The maximum Gasteiger partial charge on any atom is 0.274 e. The van der Waals surface area contributed by atoms with E-state index in [1.54, 1.807) is 4.90 Å². The second-order valence-corrected chi connectivity index (χ2v) is 5.22. The van der Waals surface area contributed by atoms with Crippen LogP contribution in [0.5, 0.6) is 0 Å². The number of benzene rings is 1. The summed E-state index contributed by atoms with van der Waals surface area (Å²) < 4.78 is 1.28. The van der Waals surface area contributed by atoms with Gasteiger partial charge in [0.25, 0.3) is 11.5 Å². The van der Waals surface area contributed by atoms with Crippen molar-refractivity contribution in [3.63, 3.8) is 0 Å². The maximum atomic E-state index is 12.5. The average Bonchev–Trinajstić information content (AvgIpc) is 2.57. The quantitative estimate of drug-likeness (QED) is 0.831. The van der Waals surface area contributed by atoms with Gasteiger partial charge in [-0.1, -0.05) is 37.3 Å². The number of amides is 1. The molecule has 23 heavy (non-hydrogen) atoms. The van der Waals surface area contributed by atoms with E-state index in [4.69, 9.17) is 5.11 Å². The van der Waals surface area contributed by atoms with Crippen molar-refractivity contribution >= 4 is 5.91 Å². The Morgan fingerprint density at radius 1 is 1.17 bits per heavy atom. The molecule has 1 aromatic carbocycles. The minimum atomic E-state index is -0.275. The first-order chi connectivity index (χ1) is 11.2. The molecule has 1 N–H and O–H groups in total. The van der Waals surface area contributed by atoms with E-state index in [0.717, 1.165) is 12.0 Å². The molecule has 1 amide bonds. The molecule has 0 saturated heterocycles. The van der Waals surface area contributed by atoms with E-state index >= 15 is 0 Å². The summed E-state index contributed by atoms with van der Waals surface area (Å²) in [6.07, 6.45) is 0.787. The van der Waals surface area contributed by atoms with Gasteiger partial charge in [0.05, 0.1) is 13.2 Å². The standard InChI is InChI=1S/C17H21N3O3/c1-2-10-19(11-12-21)17(23)15-8-9-16(22)20(18-15)13-14-6-4-3-5-7-14/h3-9,21H,2,10-13H2,1H3. The highest BCUT2D eigenvalue weighted by Crippen LogP contribution is 2.03. The molecule has 0 aliphatic carbocycles. The number of nitrogens with zero attached hydrogens (tertiary/aromatic N) is 3. The molecule has 0 unspecified atom stereocenters. The fraction of sp³-hybridized carbons (Fsp3) is 0.353. The molecule has 0 radical (unpaired) electrons. The Morgan fingerprint density at radius 3 is 2.57 bits per heavy atom. The van der Waals surface area contributed by atoms with Gasteiger partial charge in [-0.05, 0) is 18.1 Å². The van der Waals surface area contributed by atoms with Crippen molar-refractivity contribution in [2.75, 3.05) is 19.7 Å². The van der Waals surface area contributed by atoms with E-state index in [1.165, 1.54) is 16.8 Å². The minimum absolute atomic E-state index is 0.102. The van der Waals surface area contributed by atoms with Crippen molar-refractivity contribution in [3.8, 4) is 0 Å². The molecule has 0 aliphatic rings. The summed E-state index contributed by atoms with van der Waals surface area (Å²) >= 11 is 0. The monoisotopic (exact) mass is 315 g/mol. The van der Waals surface area contributed by atoms with Gasteiger partial charge in [0.15, 0.2) is 0 Å². The van der Waals surface area contributed by atoms with Crippen molar-refractivity contribution in [1.82, 2.24) is 14.7 Å². The van der Waals surface area contributed by atoms with Gasteiger partial charge < -0.3 is 10.0 Å². The van der Waals surface area contributed by atoms with Crippen LogP contribution in [0, 0.1) is 0 Å². The lowest BCUT2D eigenvalue weighted by molar-refractivity contribution is 0.0713. The number of hydrogen-bond acceptors (Lipinski definition) is 4. The molecule has 6 heteroatoms. The van der Waals surface area contributed by atoms with Gasteiger partial charge in [0, 0.05) is 19.2 Å². The topological polar surface area (TPSA) is 75.4 Å². The smallest absolute Gasteiger partial charge is 0.274 e. The minimum Gasteiger partial charge on any atom is -0.395 e. The number of carbonyl (C=O) groups excluding carboxylic acids is 1. The maximum absolute atomic E-state index is 12.5. The summed E-state index contributed by atoms with van der Waals surface area (Å²) in [6, 6.07) is 12.3. The van der Waals surface area contributed by atoms with Gasteiger partial charge in [-0.3, -0.25) is 9.59 Å². The fourth-order valence-corrected chi connectivity index (χ4v) is 2.30. The third-order valence-corrected chi connectivity index (χ3v) is 3.41. The lowest BCUT2D eigenvalue weighted by Crippen LogP contribution is -2.36. The second-order valence-electron chi connectivity index (χ2n) is 5.22. The van der Waals surface area contributed by atoms with Crippen LogP contribution < -0.4 is 5.56 Å². The third kappa shape index (κ3) is 4.50. The lowest BCUT2D eigenvalue weighted by atomic mass is 10.2. The molecular weight excluding hydrogens is 294 g/mol. The predicted molar refractivity (Wildman–Crippen MR) is 87.3 cm³/mol. The highest BCUT2D eigenvalue weighted by molar-refractivity contribution is 5.92. The van der Waals surface area contributed by atoms with Crippen molar-refractivity contribution < 1.29 is 9.90 Å². The van der Waals surface area contributed by atoms with Gasteiger partial charge in [0.2, 0.25) is 0 Å². The highest BCUT2D eigenvalue weighted by atomic mass is 16.3. The van der Waals surface area contributed by atoms with Crippen LogP contribution in [0.1, 0.15) is 29.4 Å². The molecule has 6 nitrogen and oxygen atoms in total. The number of rotatable bonds is 7. The third-order valence-electron chi connectivity index (χ3n) is 3.41. The molecule has 0 fully saturated rings. The van der Waals surface area contributed by atoms with Crippen LogP contribution in [0.3, 0.4) is 0 Å². The molecule has 0 atom stereocenters. The predicted octanol–water partition coefficient (Wildman–Crippen LogP) is 1.14. The van der Waals surface area contributed by atoms with E-state index in [0.29, 0.717) is 13.1 Å². The molecule has 0 bridgehead atoms. The SMILES string of the molecule is CCCN(CCO)C(=O)c1ccc(=O)n(Cc2ccccc2)n1. The fourth-order valence-electron chi connectivity index (χ4n) is 2.30. The lowest BCUT2D eigenvalue weighted by Gasteiger charge is -2.20. The van der Waals surface area contributed by atoms with E-state index in [1.807, 2.05) is 37.3 Å². The molecule has 1 heterocycles. The molecule has 0 spiro atoms. The number of aliphatic hydroxyl groups excluding tert-OH is 1. The number of aliphatic hydroxyl groups is 1. The molecule has 2 aromatic rings. The largest absolute Gasteiger partial charge is 0.395 e. The zero-order valence-electron chi connectivity index (χ0n) is 13.2. The van der Waals surface area contributed by atoms with Gasteiger partial charge in [-0.15, -0.1) is 0 Å². The van der Waals surface area contributed by atoms with Gasteiger partial charge in [0.1, 0.15) is 5.69 Å². The van der Waals surface area contributed by atoms with E-state index in [2.05, 4.69) is 5.10 Å². The van der Waals surface area contributed by atoms with E-state index < -0.39 is 0 Å². The van der Waals surface area contributed by atoms with Crippen molar-refractivity contribution in [2.45, 2.75) is 19.9 Å². The van der Waals surface area contributed by atoms with Gasteiger partial charge in [-0.25, -0.2) is 4.68 Å². The zero-order valence-corrected chi connectivity index (χ0v) is 13.2. The Labute approximate surface area is 135 Å². The summed E-state index contributed by atoms with van der Waals surface area (Å²) in [4.78, 5) is 26.0. The molecule has 122 valence electrons. The van der Waals surface area contributed by atoms with Crippen molar-refractivity contribution in [2.24, 2.45) is 0 Å². The van der Waals surface area contributed by atoms with Crippen LogP contribution in [0.25, 0.3) is 0 Å². The number of hydrogen-bond donors (Lipinski definition) is 1. The Kier molecular flexibility index (Phi) is 6.05. The summed E-state index contributed by atoms with van der Waals surface area (Å²) in [6.45, 7) is 2.97. The molecular formula is C17H21N3O3. The Bertz CT molecular complexity index is 692. The summed E-state index contributed by atoms with van der Waals surface area (Å²) in [7, 11) is 0. The highest BCUT2D eigenvalue weighted by Gasteiger charge is 2.17. The molecule has 0 aliphatic heterocycles. The first-order valence-corrected chi connectivity index (χ1v) is 7.68. The zero-order chi connectivity index (χ0) is 16.7. The number of carbonyl (C=O) groups is 1. The summed E-state index contributed by atoms with van der Waals surface area (Å²) in [5, 5.41) is 13.3.